The Balaban J connectivity index is 1.94. The number of hydrogen-bond acceptors (Lipinski definition) is 4. The zero-order valence-electron chi connectivity index (χ0n) is 15.2. The number of hydrogen-bond donors (Lipinski definition) is 1. The number of aryl methyl sites for hydroxylation is 1. The summed E-state index contributed by atoms with van der Waals surface area (Å²) in [6.07, 6.45) is 1.05. The highest BCUT2D eigenvalue weighted by Gasteiger charge is 2.16. The van der Waals surface area contributed by atoms with E-state index in [-0.39, 0.29) is 11.4 Å². The summed E-state index contributed by atoms with van der Waals surface area (Å²) in [5, 5.41) is 6.08. The summed E-state index contributed by atoms with van der Waals surface area (Å²) in [4.78, 5) is 18.7. The maximum absolute atomic E-state index is 12.0. The van der Waals surface area contributed by atoms with E-state index in [0.29, 0.717) is 13.1 Å². The second kappa shape index (κ2) is 7.90. The Morgan fingerprint density at radius 1 is 1.25 bits per heavy atom. The standard InChI is InChI=1S/C19H27N3OS/c1-6-14-7-9-15(10-8-14)18-20-16(13-24-18)11-22(5)12-17(23)21-19(2,3)4/h7-10,13H,6,11-12H2,1-5H3,(H,21,23). The lowest BCUT2D eigenvalue weighted by Gasteiger charge is -2.23. The van der Waals surface area contributed by atoms with Crippen LogP contribution in [0.4, 0.5) is 0 Å². The van der Waals surface area contributed by atoms with Crippen molar-refractivity contribution in [3.05, 3.63) is 40.9 Å². The van der Waals surface area contributed by atoms with Crippen LogP contribution in [0, 0.1) is 0 Å². The first-order chi connectivity index (χ1) is 11.3. The third-order valence-electron chi connectivity index (χ3n) is 3.52. The van der Waals surface area contributed by atoms with E-state index in [1.165, 1.54) is 5.56 Å². The predicted octanol–water partition coefficient (Wildman–Crippen LogP) is 3.72. The minimum absolute atomic E-state index is 0.0376. The molecule has 130 valence electrons. The Morgan fingerprint density at radius 3 is 2.50 bits per heavy atom. The molecule has 1 aromatic carbocycles. The number of amides is 1. The van der Waals surface area contributed by atoms with Crippen LogP contribution in [-0.4, -0.2) is 34.9 Å². The van der Waals surface area contributed by atoms with E-state index >= 15 is 0 Å². The van der Waals surface area contributed by atoms with Gasteiger partial charge in [-0.2, -0.15) is 0 Å². The number of carbonyl (C=O) groups is 1. The molecule has 0 aliphatic heterocycles. The Kier molecular flexibility index (Phi) is 6.13. The molecule has 2 rings (SSSR count). The fourth-order valence-electron chi connectivity index (χ4n) is 2.43. The van der Waals surface area contributed by atoms with Crippen LogP contribution in [0.5, 0.6) is 0 Å². The number of aromatic nitrogens is 1. The molecule has 0 bridgehead atoms. The Bertz CT molecular complexity index is 671. The van der Waals surface area contributed by atoms with E-state index < -0.39 is 0 Å². The number of likely N-dealkylation sites (N-methyl/N-ethyl adjacent to an activating group) is 1. The van der Waals surface area contributed by atoms with Crippen molar-refractivity contribution in [1.82, 2.24) is 15.2 Å². The summed E-state index contributed by atoms with van der Waals surface area (Å²) in [5.74, 6) is 0.0376. The van der Waals surface area contributed by atoms with E-state index in [2.05, 4.69) is 41.9 Å². The first kappa shape index (κ1) is 18.6. The molecule has 0 saturated carbocycles. The molecule has 0 unspecified atom stereocenters. The Labute approximate surface area is 148 Å². The van der Waals surface area contributed by atoms with Crippen LogP contribution in [-0.2, 0) is 17.8 Å². The number of nitrogens with one attached hydrogen (secondary N) is 1. The van der Waals surface area contributed by atoms with Gasteiger partial charge in [0.15, 0.2) is 0 Å². The fourth-order valence-corrected chi connectivity index (χ4v) is 3.25. The molecule has 1 N–H and O–H groups in total. The minimum atomic E-state index is -0.198. The zero-order chi connectivity index (χ0) is 17.7. The van der Waals surface area contributed by atoms with Gasteiger partial charge in [0.1, 0.15) is 5.01 Å². The largest absolute Gasteiger partial charge is 0.350 e. The van der Waals surface area contributed by atoms with Gasteiger partial charge >= 0.3 is 0 Å². The second-order valence-electron chi connectivity index (χ2n) is 7.16. The molecule has 0 spiro atoms. The van der Waals surface area contributed by atoms with Gasteiger partial charge in [-0.25, -0.2) is 4.98 Å². The molecule has 0 fully saturated rings. The Morgan fingerprint density at radius 2 is 1.92 bits per heavy atom. The predicted molar refractivity (Wildman–Crippen MR) is 101 cm³/mol. The molecule has 4 nitrogen and oxygen atoms in total. The third kappa shape index (κ3) is 5.73. The summed E-state index contributed by atoms with van der Waals surface area (Å²) in [7, 11) is 1.94. The summed E-state index contributed by atoms with van der Waals surface area (Å²) in [5.41, 5.74) is 3.29. The zero-order valence-corrected chi connectivity index (χ0v) is 16.0. The van der Waals surface area contributed by atoms with Gasteiger partial charge in [-0.15, -0.1) is 11.3 Å². The molecule has 0 aliphatic rings. The van der Waals surface area contributed by atoms with Crippen LogP contribution in [0.15, 0.2) is 29.6 Å². The monoisotopic (exact) mass is 345 g/mol. The van der Waals surface area contributed by atoms with Gasteiger partial charge in [-0.05, 0) is 39.8 Å². The number of nitrogens with zero attached hydrogens (tertiary/aromatic N) is 2. The molecule has 0 aliphatic carbocycles. The highest BCUT2D eigenvalue weighted by Crippen LogP contribution is 2.24. The number of benzene rings is 1. The number of carbonyl (C=O) groups excluding carboxylic acids is 1. The summed E-state index contributed by atoms with van der Waals surface area (Å²) < 4.78 is 0. The van der Waals surface area contributed by atoms with Crippen molar-refractivity contribution in [2.24, 2.45) is 0 Å². The molecule has 0 saturated heterocycles. The van der Waals surface area contributed by atoms with Gasteiger partial charge in [0.05, 0.1) is 12.2 Å². The van der Waals surface area contributed by atoms with E-state index in [4.69, 9.17) is 4.98 Å². The summed E-state index contributed by atoms with van der Waals surface area (Å²) >= 11 is 1.65. The normalized spacial score (nSPS) is 11.8. The second-order valence-corrected chi connectivity index (χ2v) is 8.02. The highest BCUT2D eigenvalue weighted by molar-refractivity contribution is 7.13. The van der Waals surface area contributed by atoms with E-state index in [9.17, 15) is 4.79 Å². The van der Waals surface area contributed by atoms with Crippen molar-refractivity contribution in [3.63, 3.8) is 0 Å². The van der Waals surface area contributed by atoms with Gasteiger partial charge in [0, 0.05) is 23.0 Å². The van der Waals surface area contributed by atoms with Crippen molar-refractivity contribution < 1.29 is 4.79 Å². The van der Waals surface area contributed by atoms with Crippen LogP contribution >= 0.6 is 11.3 Å². The van der Waals surface area contributed by atoms with Crippen LogP contribution in [0.25, 0.3) is 10.6 Å². The van der Waals surface area contributed by atoms with Crippen molar-refractivity contribution >= 4 is 17.2 Å². The average Bonchev–Trinajstić information content (AvgIpc) is 2.93. The fraction of sp³-hybridized carbons (Fsp3) is 0.474. The van der Waals surface area contributed by atoms with Gasteiger partial charge in [0.25, 0.3) is 0 Å². The molecule has 5 heteroatoms. The van der Waals surface area contributed by atoms with Crippen molar-refractivity contribution in [1.29, 1.82) is 0 Å². The number of rotatable bonds is 6. The lowest BCUT2D eigenvalue weighted by molar-refractivity contribution is -0.123. The van der Waals surface area contributed by atoms with Gasteiger partial charge in [-0.1, -0.05) is 31.2 Å². The molecule has 0 radical (unpaired) electrons. The van der Waals surface area contributed by atoms with Gasteiger partial charge in [-0.3, -0.25) is 9.69 Å². The smallest absolute Gasteiger partial charge is 0.234 e. The molecule has 0 atom stereocenters. The van der Waals surface area contributed by atoms with Crippen molar-refractivity contribution in [2.75, 3.05) is 13.6 Å². The highest BCUT2D eigenvalue weighted by atomic mass is 32.1. The molecule has 1 heterocycles. The molecule has 1 aromatic heterocycles. The first-order valence-electron chi connectivity index (χ1n) is 8.30. The molecule has 1 amide bonds. The van der Waals surface area contributed by atoms with Crippen LogP contribution < -0.4 is 5.32 Å². The van der Waals surface area contributed by atoms with E-state index in [1.54, 1.807) is 11.3 Å². The average molecular weight is 346 g/mol. The quantitative estimate of drug-likeness (QED) is 0.868. The van der Waals surface area contributed by atoms with Crippen molar-refractivity contribution in [2.45, 2.75) is 46.2 Å². The molecular weight excluding hydrogens is 318 g/mol. The summed E-state index contributed by atoms with van der Waals surface area (Å²) in [6.45, 7) is 9.16. The van der Waals surface area contributed by atoms with Gasteiger partial charge < -0.3 is 5.32 Å². The van der Waals surface area contributed by atoms with Crippen LogP contribution in [0.1, 0.15) is 39.0 Å². The lowest BCUT2D eigenvalue weighted by atomic mass is 10.1. The maximum atomic E-state index is 12.0. The molecule has 2 aromatic rings. The molecule has 24 heavy (non-hydrogen) atoms. The maximum Gasteiger partial charge on any atom is 0.234 e. The first-order valence-corrected chi connectivity index (χ1v) is 9.18. The topological polar surface area (TPSA) is 45.2 Å². The SMILES string of the molecule is CCc1ccc(-c2nc(CN(C)CC(=O)NC(C)(C)C)cs2)cc1. The molecular formula is C19H27N3OS. The minimum Gasteiger partial charge on any atom is -0.350 e. The van der Waals surface area contributed by atoms with Crippen LogP contribution in [0.2, 0.25) is 0 Å². The van der Waals surface area contributed by atoms with Crippen molar-refractivity contribution in [3.8, 4) is 10.6 Å². The van der Waals surface area contributed by atoms with E-state index in [1.807, 2.05) is 32.7 Å². The van der Waals surface area contributed by atoms with E-state index in [0.717, 1.165) is 22.7 Å². The lowest BCUT2D eigenvalue weighted by Crippen LogP contribution is -2.45. The summed E-state index contributed by atoms with van der Waals surface area (Å²) in [6, 6.07) is 8.56. The number of thiazole rings is 1. The van der Waals surface area contributed by atoms with Gasteiger partial charge in [0.2, 0.25) is 5.91 Å². The van der Waals surface area contributed by atoms with Crippen LogP contribution in [0.3, 0.4) is 0 Å². The third-order valence-corrected chi connectivity index (χ3v) is 4.46. The Hall–Kier alpha value is -1.72.